The predicted octanol–water partition coefficient (Wildman–Crippen LogP) is 8.48. The Labute approximate surface area is 266 Å². The zero-order chi connectivity index (χ0) is 30.2. The molecule has 0 heterocycles. The SMILES string of the molecule is N#[N+]c1c(Br)cc2c(c1Br)C(=O)c1ccccc1-2.N#[N+]c1c(Br)cc2c(c1Br)C(=O)c1ccccc1-2.O=S(=O)([O-])[O-]. The van der Waals surface area contributed by atoms with Gasteiger partial charge >= 0.3 is 11.4 Å². The number of diazo groups is 2. The van der Waals surface area contributed by atoms with Gasteiger partial charge in [0.05, 0.1) is 11.1 Å². The van der Waals surface area contributed by atoms with Crippen LogP contribution in [0.5, 0.6) is 0 Å². The van der Waals surface area contributed by atoms with Crippen molar-refractivity contribution in [3.05, 3.63) is 111 Å². The van der Waals surface area contributed by atoms with Crippen molar-refractivity contribution in [1.82, 2.24) is 0 Å². The second kappa shape index (κ2) is 12.0. The lowest BCUT2D eigenvalue weighted by molar-refractivity contribution is 0.103. The van der Waals surface area contributed by atoms with Crippen molar-refractivity contribution in [2.75, 3.05) is 0 Å². The molecule has 204 valence electrons. The van der Waals surface area contributed by atoms with E-state index in [-0.39, 0.29) is 11.6 Å². The van der Waals surface area contributed by atoms with Gasteiger partial charge in [-0.1, -0.05) is 48.5 Å². The van der Waals surface area contributed by atoms with Crippen LogP contribution in [0, 0.1) is 10.8 Å². The zero-order valence-corrected chi connectivity index (χ0v) is 27.1. The molecule has 0 spiro atoms. The first kappa shape index (κ1) is 30.8. The first-order chi connectivity index (χ1) is 19.3. The summed E-state index contributed by atoms with van der Waals surface area (Å²) in [6, 6.07) is 18.5. The highest BCUT2D eigenvalue weighted by Crippen LogP contribution is 2.48. The van der Waals surface area contributed by atoms with Crippen LogP contribution in [0.2, 0.25) is 0 Å². The van der Waals surface area contributed by atoms with Crippen LogP contribution in [0.4, 0.5) is 11.4 Å². The van der Waals surface area contributed by atoms with Gasteiger partial charge in [0.1, 0.15) is 17.9 Å². The quantitative estimate of drug-likeness (QED) is 0.0834. The minimum absolute atomic E-state index is 0.0510. The Balaban J connectivity index is 0.000000163. The third-order valence-corrected chi connectivity index (χ3v) is 8.72. The minimum Gasteiger partial charge on any atom is -0.759 e. The third-order valence-electron chi connectivity index (χ3n) is 5.97. The molecular weight excluding hydrogens is 816 g/mol. The van der Waals surface area contributed by atoms with Gasteiger partial charge in [-0.25, -0.2) is 0 Å². The van der Waals surface area contributed by atoms with E-state index in [4.69, 9.17) is 28.3 Å². The van der Waals surface area contributed by atoms with Crippen molar-refractivity contribution in [3.63, 3.8) is 0 Å². The van der Waals surface area contributed by atoms with Gasteiger partial charge < -0.3 is 9.11 Å². The van der Waals surface area contributed by atoms with Crippen LogP contribution < -0.4 is 0 Å². The normalized spacial score (nSPS) is 11.9. The van der Waals surface area contributed by atoms with Gasteiger partial charge in [-0.3, -0.25) is 18.0 Å². The molecule has 6 rings (SSSR count). The summed E-state index contributed by atoms with van der Waals surface area (Å²) in [6.45, 7) is 0. The number of benzene rings is 4. The molecule has 0 radical (unpaired) electrons. The van der Waals surface area contributed by atoms with Gasteiger partial charge in [-0.15, -0.1) is 0 Å². The van der Waals surface area contributed by atoms with E-state index < -0.39 is 10.4 Å². The lowest BCUT2D eigenvalue weighted by atomic mass is 10.1. The van der Waals surface area contributed by atoms with E-state index in [1.54, 1.807) is 24.3 Å². The molecule has 0 aromatic heterocycles. The highest BCUT2D eigenvalue weighted by molar-refractivity contribution is 9.11. The summed E-state index contributed by atoms with van der Waals surface area (Å²) in [5.74, 6) is -0.102. The van der Waals surface area contributed by atoms with E-state index in [0.29, 0.717) is 51.5 Å². The maximum absolute atomic E-state index is 12.3. The van der Waals surface area contributed by atoms with Gasteiger partial charge in [0.25, 0.3) is 0 Å². The molecule has 0 bridgehead atoms. The fourth-order valence-electron chi connectivity index (χ4n) is 4.37. The van der Waals surface area contributed by atoms with E-state index in [1.165, 1.54) is 0 Å². The first-order valence-corrected chi connectivity index (χ1v) is 15.5. The van der Waals surface area contributed by atoms with Crippen molar-refractivity contribution >= 4 is 97.1 Å². The molecule has 2 aliphatic rings. The molecule has 0 unspecified atom stereocenters. The molecule has 41 heavy (non-hydrogen) atoms. The number of halogens is 4. The number of hydrogen-bond acceptors (Lipinski definition) is 8. The fraction of sp³-hybridized carbons (Fsp3) is 0. The topological polar surface area (TPSA) is 171 Å². The van der Waals surface area contributed by atoms with Crippen LogP contribution in [0.1, 0.15) is 31.8 Å². The summed E-state index contributed by atoms with van der Waals surface area (Å²) in [5.41, 5.74) is 6.62. The molecule has 15 heteroatoms. The monoisotopic (exact) mass is 822 g/mol. The average molecular weight is 826 g/mol. The second-order valence-electron chi connectivity index (χ2n) is 8.24. The zero-order valence-electron chi connectivity index (χ0n) is 19.9. The van der Waals surface area contributed by atoms with E-state index in [1.807, 2.05) is 36.4 Å². The molecule has 4 aromatic carbocycles. The Hall–Kier alpha value is -3.15. The highest BCUT2D eigenvalue weighted by atomic mass is 79.9. The fourth-order valence-corrected chi connectivity index (χ4v) is 7.29. The van der Waals surface area contributed by atoms with Crippen molar-refractivity contribution < 1.29 is 27.1 Å². The second-order valence-corrected chi connectivity index (χ2v) is 12.4. The van der Waals surface area contributed by atoms with Gasteiger partial charge in [0, 0.05) is 21.5 Å². The van der Waals surface area contributed by atoms with Crippen molar-refractivity contribution in [1.29, 1.82) is 10.8 Å². The molecule has 0 saturated carbocycles. The van der Waals surface area contributed by atoms with Crippen LogP contribution in [0.15, 0.2) is 78.6 Å². The standard InChI is InChI=1S/2C13H5Br2N2O.H2O4S/c2*14-9-5-8-6-3-1-2-4-7(6)13(18)10(8)11(15)12(9)17-16;1-5(2,3)4/h2*1-5H;(H2,1,2,3,4)/q2*+1;/p-2. The molecular formula is C26H10Br4N4O6S. The average Bonchev–Trinajstić information content (AvgIpc) is 3.35. The maximum Gasteiger partial charge on any atom is 0.413 e. The number of rotatable bonds is 0. The van der Waals surface area contributed by atoms with Gasteiger partial charge in [0.15, 0.2) is 21.5 Å². The highest BCUT2D eigenvalue weighted by Gasteiger charge is 2.36. The Morgan fingerprint density at radius 1 is 0.585 bits per heavy atom. The lowest BCUT2D eigenvalue weighted by Gasteiger charge is -2.06. The molecule has 10 nitrogen and oxygen atoms in total. The van der Waals surface area contributed by atoms with Gasteiger partial charge in [0.2, 0.25) is 10.8 Å². The number of hydrogen-bond donors (Lipinski definition) is 0. The predicted molar refractivity (Wildman–Crippen MR) is 161 cm³/mol. The number of nitrogens with zero attached hydrogens (tertiary/aromatic N) is 4. The van der Waals surface area contributed by atoms with Crippen LogP contribution >= 0.6 is 63.7 Å². The largest absolute Gasteiger partial charge is 0.759 e. The van der Waals surface area contributed by atoms with Crippen LogP contribution in [0.25, 0.3) is 32.2 Å². The summed E-state index contributed by atoms with van der Waals surface area (Å²) >= 11 is 13.4. The Bertz CT molecular complexity index is 1870. The maximum atomic E-state index is 12.3. The third kappa shape index (κ3) is 5.93. The van der Waals surface area contributed by atoms with Crippen LogP contribution in [-0.2, 0) is 10.4 Å². The van der Waals surface area contributed by atoms with E-state index in [9.17, 15) is 9.59 Å². The number of fused-ring (bicyclic) bond motifs is 6. The molecule has 0 N–H and O–H groups in total. The summed E-state index contributed by atoms with van der Waals surface area (Å²) in [4.78, 5) is 31.0. The van der Waals surface area contributed by atoms with Gasteiger partial charge in [-0.2, -0.15) is 0 Å². The summed E-state index contributed by atoms with van der Waals surface area (Å²) < 4.78 is 36.4. The van der Waals surface area contributed by atoms with Crippen LogP contribution in [0.3, 0.4) is 0 Å². The summed E-state index contributed by atoms with van der Waals surface area (Å²) in [7, 11) is -5.17. The molecule has 0 fully saturated rings. The Kier molecular flexibility index (Phi) is 9.01. The molecule has 4 aromatic rings. The van der Waals surface area contributed by atoms with E-state index in [2.05, 4.69) is 73.7 Å². The number of ketones is 2. The summed E-state index contributed by atoms with van der Waals surface area (Å²) in [6.07, 6.45) is 0. The lowest BCUT2D eigenvalue weighted by Crippen LogP contribution is -1.96. The molecule has 0 saturated heterocycles. The number of carbonyl (C=O) groups is 2. The van der Waals surface area contributed by atoms with Crippen LogP contribution in [-0.4, -0.2) is 29.1 Å². The summed E-state index contributed by atoms with van der Waals surface area (Å²) in [5, 5.41) is 18.0. The van der Waals surface area contributed by atoms with E-state index >= 15 is 0 Å². The van der Waals surface area contributed by atoms with E-state index in [0.717, 1.165) is 22.3 Å². The first-order valence-electron chi connectivity index (χ1n) is 11.0. The van der Waals surface area contributed by atoms with Gasteiger partial charge in [-0.05, 0) is 98.1 Å². The Morgan fingerprint density at radius 2 is 0.878 bits per heavy atom. The van der Waals surface area contributed by atoms with Crippen molar-refractivity contribution in [3.8, 4) is 22.3 Å². The number of carbonyl (C=O) groups excluding carboxylic acids is 2. The van der Waals surface area contributed by atoms with Crippen molar-refractivity contribution in [2.24, 2.45) is 0 Å². The molecule has 0 amide bonds. The Morgan fingerprint density at radius 3 is 1.17 bits per heavy atom. The smallest absolute Gasteiger partial charge is 0.413 e. The molecule has 0 atom stereocenters. The minimum atomic E-state index is -5.17. The molecule has 2 aliphatic carbocycles. The molecule has 0 aliphatic heterocycles. The van der Waals surface area contributed by atoms with Crippen molar-refractivity contribution in [2.45, 2.75) is 0 Å².